The molecule has 24 heavy (non-hydrogen) atoms. The number of anilines is 2. The summed E-state index contributed by atoms with van der Waals surface area (Å²) in [7, 11) is 1.98. The maximum atomic E-state index is 8.64. The first-order valence-corrected chi connectivity index (χ1v) is 8.41. The van der Waals surface area contributed by atoms with Gasteiger partial charge in [0.15, 0.2) is 0 Å². The van der Waals surface area contributed by atoms with Crippen molar-refractivity contribution in [2.75, 3.05) is 23.9 Å². The Morgan fingerprint density at radius 2 is 2.04 bits per heavy atom. The zero-order chi connectivity index (χ0) is 16.8. The molecule has 2 aromatic carbocycles. The van der Waals surface area contributed by atoms with Crippen LogP contribution < -0.4 is 10.3 Å². The van der Waals surface area contributed by atoms with Crippen molar-refractivity contribution < 1.29 is 0 Å². The lowest BCUT2D eigenvalue weighted by Gasteiger charge is -2.17. The van der Waals surface area contributed by atoms with E-state index in [2.05, 4.69) is 26.5 Å². The Labute approximate surface area is 144 Å². The Morgan fingerprint density at radius 3 is 2.79 bits per heavy atom. The highest BCUT2D eigenvalue weighted by Crippen LogP contribution is 2.25. The third-order valence-electron chi connectivity index (χ3n) is 3.56. The van der Waals surface area contributed by atoms with Crippen molar-refractivity contribution in [2.45, 2.75) is 6.42 Å². The van der Waals surface area contributed by atoms with E-state index in [1.165, 1.54) is 0 Å². The summed E-state index contributed by atoms with van der Waals surface area (Å²) in [5.41, 5.74) is 6.04. The number of para-hydroxylation sites is 1. The Balaban J connectivity index is 1.61. The molecule has 0 saturated carbocycles. The normalized spacial score (nSPS) is 10.8. The summed E-state index contributed by atoms with van der Waals surface area (Å²) in [5, 5.41) is 13.7. The van der Waals surface area contributed by atoms with Crippen LogP contribution in [0.15, 0.2) is 53.6 Å². The number of nitrogens with one attached hydrogen (secondary N) is 1. The molecule has 120 valence electrons. The van der Waals surface area contributed by atoms with Crippen molar-refractivity contribution in [1.82, 2.24) is 4.98 Å². The molecule has 5 nitrogen and oxygen atoms in total. The molecule has 0 aliphatic carbocycles. The summed E-state index contributed by atoms with van der Waals surface area (Å²) >= 11 is 1.58. The molecule has 0 radical (unpaired) electrons. The summed E-state index contributed by atoms with van der Waals surface area (Å²) in [6.07, 6.45) is 2.29. The fourth-order valence-corrected chi connectivity index (χ4v) is 3.06. The number of rotatable bonds is 6. The van der Waals surface area contributed by atoms with Gasteiger partial charge in [-0.05, 0) is 29.8 Å². The molecular formula is C18H17N5S. The molecule has 0 spiro atoms. The number of fused-ring (bicyclic) bond motifs is 1. The van der Waals surface area contributed by atoms with Crippen LogP contribution in [-0.2, 0) is 0 Å². The Kier molecular flexibility index (Phi) is 5.04. The van der Waals surface area contributed by atoms with Gasteiger partial charge in [-0.25, -0.2) is 4.98 Å². The second-order valence-electron chi connectivity index (χ2n) is 5.28. The van der Waals surface area contributed by atoms with Gasteiger partial charge < -0.3 is 4.90 Å². The molecule has 0 amide bonds. The van der Waals surface area contributed by atoms with E-state index in [9.17, 15) is 0 Å². The van der Waals surface area contributed by atoms with Gasteiger partial charge in [-0.3, -0.25) is 5.43 Å². The molecule has 0 saturated heterocycles. The standard InChI is InChI=1S/C18H17N5S/c1-23(12-4-11-19)15-9-7-14(8-10-15)13-20-22-18-21-16-5-2-3-6-17(16)24-18/h2-3,5-10,13H,4,12H2,1H3,(H,21,22)/b20-13-. The van der Waals surface area contributed by atoms with E-state index in [-0.39, 0.29) is 0 Å². The van der Waals surface area contributed by atoms with Crippen LogP contribution >= 0.6 is 11.3 Å². The molecule has 3 aromatic rings. The number of aromatic nitrogens is 1. The van der Waals surface area contributed by atoms with Crippen molar-refractivity contribution in [2.24, 2.45) is 5.10 Å². The number of hydrazone groups is 1. The molecule has 0 unspecified atom stereocenters. The molecule has 1 aromatic heterocycles. The summed E-state index contributed by atoms with van der Waals surface area (Å²) in [6, 6.07) is 18.2. The van der Waals surface area contributed by atoms with Gasteiger partial charge in [-0.15, -0.1) is 0 Å². The van der Waals surface area contributed by atoms with Crippen molar-refractivity contribution >= 4 is 38.6 Å². The van der Waals surface area contributed by atoms with Crippen LogP contribution in [0.2, 0.25) is 0 Å². The molecular weight excluding hydrogens is 318 g/mol. The maximum absolute atomic E-state index is 8.64. The van der Waals surface area contributed by atoms with E-state index >= 15 is 0 Å². The van der Waals surface area contributed by atoms with Gasteiger partial charge in [0.05, 0.1) is 28.9 Å². The molecule has 0 atom stereocenters. The number of hydrogen-bond donors (Lipinski definition) is 1. The number of benzene rings is 2. The van der Waals surface area contributed by atoms with Gasteiger partial charge in [0.1, 0.15) is 0 Å². The lowest BCUT2D eigenvalue weighted by atomic mass is 10.2. The highest BCUT2D eigenvalue weighted by atomic mass is 32.1. The number of thiazole rings is 1. The van der Waals surface area contributed by atoms with Crippen LogP contribution in [0.5, 0.6) is 0 Å². The second kappa shape index (κ2) is 7.57. The Bertz CT molecular complexity index is 843. The first-order valence-electron chi connectivity index (χ1n) is 7.59. The molecule has 0 aliphatic heterocycles. The minimum atomic E-state index is 0.520. The zero-order valence-corrected chi connectivity index (χ0v) is 14.1. The van der Waals surface area contributed by atoms with Crippen LogP contribution in [0.25, 0.3) is 10.2 Å². The van der Waals surface area contributed by atoms with Crippen LogP contribution in [0.3, 0.4) is 0 Å². The predicted octanol–water partition coefficient (Wildman–Crippen LogP) is 4.09. The van der Waals surface area contributed by atoms with Crippen LogP contribution in [0.1, 0.15) is 12.0 Å². The average molecular weight is 335 g/mol. The van der Waals surface area contributed by atoms with E-state index in [1.807, 2.05) is 55.6 Å². The van der Waals surface area contributed by atoms with E-state index < -0.39 is 0 Å². The molecule has 0 aliphatic rings. The van der Waals surface area contributed by atoms with Gasteiger partial charge in [-0.1, -0.05) is 35.6 Å². The lowest BCUT2D eigenvalue weighted by molar-refractivity contribution is 0.905. The average Bonchev–Trinajstić information content (AvgIpc) is 3.03. The Morgan fingerprint density at radius 1 is 1.25 bits per heavy atom. The van der Waals surface area contributed by atoms with Gasteiger partial charge in [0, 0.05) is 19.3 Å². The SMILES string of the molecule is CN(CCC#N)c1ccc(/C=N\Nc2nc3ccccc3s2)cc1. The predicted molar refractivity (Wildman–Crippen MR) is 101 cm³/mol. The smallest absolute Gasteiger partial charge is 0.204 e. The minimum absolute atomic E-state index is 0.520. The first-order chi connectivity index (χ1) is 11.8. The molecule has 3 rings (SSSR count). The van der Waals surface area contributed by atoms with Gasteiger partial charge >= 0.3 is 0 Å². The van der Waals surface area contributed by atoms with Crippen LogP contribution in [0.4, 0.5) is 10.8 Å². The summed E-state index contributed by atoms with van der Waals surface area (Å²) in [5.74, 6) is 0. The van der Waals surface area contributed by atoms with Crippen LogP contribution in [-0.4, -0.2) is 24.8 Å². The maximum Gasteiger partial charge on any atom is 0.204 e. The molecule has 1 N–H and O–H groups in total. The number of nitrogens with zero attached hydrogens (tertiary/aromatic N) is 4. The Hall–Kier alpha value is -2.91. The third-order valence-corrected chi connectivity index (χ3v) is 4.50. The molecule has 1 heterocycles. The second-order valence-corrected chi connectivity index (χ2v) is 6.31. The zero-order valence-electron chi connectivity index (χ0n) is 13.3. The highest BCUT2D eigenvalue weighted by Gasteiger charge is 2.01. The molecule has 6 heteroatoms. The van der Waals surface area contributed by atoms with Gasteiger partial charge in [0.2, 0.25) is 5.13 Å². The highest BCUT2D eigenvalue weighted by molar-refractivity contribution is 7.22. The van der Waals surface area contributed by atoms with E-state index in [4.69, 9.17) is 5.26 Å². The lowest BCUT2D eigenvalue weighted by Crippen LogP contribution is -2.17. The van der Waals surface area contributed by atoms with Crippen LogP contribution in [0, 0.1) is 11.3 Å². The van der Waals surface area contributed by atoms with E-state index in [0.29, 0.717) is 6.42 Å². The topological polar surface area (TPSA) is 64.3 Å². The summed E-state index contributed by atoms with van der Waals surface area (Å²) in [6.45, 7) is 0.725. The number of nitriles is 1. The fraction of sp³-hybridized carbons (Fsp3) is 0.167. The molecule has 0 fully saturated rings. The summed E-state index contributed by atoms with van der Waals surface area (Å²) in [4.78, 5) is 6.53. The summed E-state index contributed by atoms with van der Waals surface area (Å²) < 4.78 is 1.14. The third kappa shape index (κ3) is 3.89. The quantitative estimate of drug-likeness (QED) is 0.544. The fourth-order valence-electron chi connectivity index (χ4n) is 2.24. The number of hydrogen-bond acceptors (Lipinski definition) is 6. The monoisotopic (exact) mass is 335 g/mol. The van der Waals surface area contributed by atoms with Crippen molar-refractivity contribution in [3.63, 3.8) is 0 Å². The van der Waals surface area contributed by atoms with Gasteiger partial charge in [-0.2, -0.15) is 10.4 Å². The van der Waals surface area contributed by atoms with Crippen molar-refractivity contribution in [3.8, 4) is 6.07 Å². The minimum Gasteiger partial charge on any atom is -0.374 e. The van der Waals surface area contributed by atoms with Crippen molar-refractivity contribution in [3.05, 3.63) is 54.1 Å². The first kappa shape index (κ1) is 16.0. The largest absolute Gasteiger partial charge is 0.374 e. The molecule has 0 bridgehead atoms. The van der Waals surface area contributed by atoms with Crippen molar-refractivity contribution in [1.29, 1.82) is 5.26 Å². The van der Waals surface area contributed by atoms with Gasteiger partial charge in [0.25, 0.3) is 0 Å². The van der Waals surface area contributed by atoms with E-state index in [1.54, 1.807) is 17.6 Å². The van der Waals surface area contributed by atoms with E-state index in [0.717, 1.165) is 33.1 Å².